The molecule has 0 unspecified atom stereocenters. The second kappa shape index (κ2) is 7.37. The number of hydrogen-bond donors (Lipinski definition) is 0. The molecule has 0 spiro atoms. The van der Waals surface area contributed by atoms with Gasteiger partial charge in [0.1, 0.15) is 5.52 Å². The molecule has 0 saturated carbocycles. The number of rotatable bonds is 5. The van der Waals surface area contributed by atoms with Gasteiger partial charge in [0.05, 0.1) is 16.4 Å². The smallest absolute Gasteiger partial charge is 0.257 e. The Bertz CT molecular complexity index is 868. The number of aromatic nitrogens is 1. The molecule has 2 aromatic rings. The van der Waals surface area contributed by atoms with Crippen LogP contribution in [-0.4, -0.2) is 48.8 Å². The summed E-state index contributed by atoms with van der Waals surface area (Å²) in [6.45, 7) is 5.44. The molecule has 2 heterocycles. The van der Waals surface area contributed by atoms with Crippen LogP contribution in [-0.2, 0) is 14.6 Å². The number of oxazole rings is 1. The summed E-state index contributed by atoms with van der Waals surface area (Å²) in [5, 5.41) is 0.389. The van der Waals surface area contributed by atoms with Crippen LogP contribution < -0.4 is 0 Å². The topological polar surface area (TPSA) is 80.5 Å². The first-order valence-electron chi connectivity index (χ1n) is 8.43. The molecule has 6 nitrogen and oxygen atoms in total. The first-order valence-corrected chi connectivity index (χ1v) is 11.1. The van der Waals surface area contributed by atoms with E-state index in [0.717, 1.165) is 25.9 Å². The van der Waals surface area contributed by atoms with E-state index in [2.05, 4.69) is 11.9 Å². The maximum Gasteiger partial charge on any atom is 0.257 e. The fourth-order valence-electron chi connectivity index (χ4n) is 2.78. The Hall–Kier alpha value is -1.54. The summed E-state index contributed by atoms with van der Waals surface area (Å²) in [6, 6.07) is 4.67. The van der Waals surface area contributed by atoms with Crippen molar-refractivity contribution in [2.24, 2.45) is 5.92 Å². The van der Waals surface area contributed by atoms with Crippen LogP contribution in [0.5, 0.6) is 0 Å². The second-order valence-electron chi connectivity index (χ2n) is 6.36. The van der Waals surface area contributed by atoms with Gasteiger partial charge in [-0.25, -0.2) is 13.4 Å². The van der Waals surface area contributed by atoms with Crippen molar-refractivity contribution in [2.75, 3.05) is 24.6 Å². The number of carbonyl (C=O) groups is 1. The van der Waals surface area contributed by atoms with Crippen LogP contribution in [0.15, 0.2) is 32.7 Å². The predicted molar refractivity (Wildman–Crippen MR) is 97.4 cm³/mol. The summed E-state index contributed by atoms with van der Waals surface area (Å²) in [7, 11) is -3.27. The lowest BCUT2D eigenvalue weighted by Crippen LogP contribution is -2.38. The van der Waals surface area contributed by atoms with Gasteiger partial charge in [0, 0.05) is 13.1 Å². The van der Waals surface area contributed by atoms with Gasteiger partial charge in [0.2, 0.25) is 5.91 Å². The fraction of sp³-hybridized carbons (Fsp3) is 0.529. The molecule has 1 saturated heterocycles. The van der Waals surface area contributed by atoms with E-state index in [0.29, 0.717) is 22.2 Å². The van der Waals surface area contributed by atoms with E-state index in [1.165, 1.54) is 23.9 Å². The molecule has 0 radical (unpaired) electrons. The van der Waals surface area contributed by atoms with Crippen LogP contribution >= 0.6 is 11.8 Å². The molecule has 25 heavy (non-hydrogen) atoms. The van der Waals surface area contributed by atoms with Gasteiger partial charge in [-0.1, -0.05) is 25.6 Å². The molecular formula is C17H22N2O4S2. The summed E-state index contributed by atoms with van der Waals surface area (Å²) in [6.07, 6.45) is 2.10. The highest BCUT2D eigenvalue weighted by Crippen LogP contribution is 2.26. The van der Waals surface area contributed by atoms with E-state index in [9.17, 15) is 13.2 Å². The molecule has 1 amide bonds. The summed E-state index contributed by atoms with van der Waals surface area (Å²) in [5.74, 6) is 1.10. The minimum absolute atomic E-state index is 0.0426. The number of nitrogens with zero attached hydrogens (tertiary/aromatic N) is 2. The lowest BCUT2D eigenvalue weighted by molar-refractivity contribution is -0.129. The van der Waals surface area contributed by atoms with Crippen LogP contribution in [0.2, 0.25) is 0 Å². The number of carbonyl (C=O) groups excluding carboxylic acids is 1. The van der Waals surface area contributed by atoms with Crippen LogP contribution in [0, 0.1) is 5.92 Å². The zero-order valence-electron chi connectivity index (χ0n) is 14.4. The highest BCUT2D eigenvalue weighted by atomic mass is 32.2. The van der Waals surface area contributed by atoms with Gasteiger partial charge in [0.25, 0.3) is 5.22 Å². The van der Waals surface area contributed by atoms with Gasteiger partial charge in [-0.3, -0.25) is 4.79 Å². The van der Waals surface area contributed by atoms with Crippen molar-refractivity contribution in [1.82, 2.24) is 9.88 Å². The standard InChI is InChI=1S/C17H22N2O4S2/c1-3-25(21,22)13-4-5-15-14(10-13)18-17(23-15)24-11-16(20)19-8-6-12(2)7-9-19/h4-5,10,12H,3,6-9,11H2,1-2H3. The molecule has 8 heteroatoms. The van der Waals surface area contributed by atoms with Gasteiger partial charge in [-0.05, 0) is 37.0 Å². The summed E-state index contributed by atoms with van der Waals surface area (Å²) < 4.78 is 29.5. The molecule has 1 aromatic heterocycles. The molecular weight excluding hydrogens is 360 g/mol. The molecule has 3 rings (SSSR count). The fourth-order valence-corrected chi connectivity index (χ4v) is 4.42. The third-order valence-corrected chi connectivity index (χ3v) is 7.08. The minimum atomic E-state index is -3.27. The lowest BCUT2D eigenvalue weighted by Gasteiger charge is -2.30. The quantitative estimate of drug-likeness (QED) is 0.740. The van der Waals surface area contributed by atoms with Gasteiger partial charge >= 0.3 is 0 Å². The molecule has 1 fully saturated rings. The zero-order chi connectivity index (χ0) is 18.0. The Morgan fingerprint density at radius 3 is 2.76 bits per heavy atom. The van der Waals surface area contributed by atoms with Crippen molar-refractivity contribution in [2.45, 2.75) is 36.8 Å². The van der Waals surface area contributed by atoms with Gasteiger partial charge in [0.15, 0.2) is 15.4 Å². The first kappa shape index (κ1) is 18.3. The summed E-state index contributed by atoms with van der Waals surface area (Å²) in [4.78, 5) is 18.7. The number of piperidine rings is 1. The van der Waals surface area contributed by atoms with E-state index in [1.54, 1.807) is 13.0 Å². The van der Waals surface area contributed by atoms with Gasteiger partial charge in [-0.15, -0.1) is 0 Å². The van der Waals surface area contributed by atoms with Crippen LogP contribution in [0.3, 0.4) is 0 Å². The summed E-state index contributed by atoms with van der Waals surface area (Å²) >= 11 is 1.25. The monoisotopic (exact) mass is 382 g/mol. The average Bonchev–Trinajstić information content (AvgIpc) is 3.02. The first-order chi connectivity index (χ1) is 11.9. The molecule has 1 aliphatic rings. The highest BCUT2D eigenvalue weighted by Gasteiger charge is 2.21. The third kappa shape index (κ3) is 4.17. The molecule has 0 atom stereocenters. The predicted octanol–water partition coefficient (Wildman–Crippen LogP) is 2.97. The SMILES string of the molecule is CCS(=O)(=O)c1ccc2oc(SCC(=O)N3CCC(C)CC3)nc2c1. The Balaban J connectivity index is 1.67. The van der Waals surface area contributed by atoms with E-state index in [1.807, 2.05) is 4.90 Å². The minimum Gasteiger partial charge on any atom is -0.431 e. The van der Waals surface area contributed by atoms with Gasteiger partial charge < -0.3 is 9.32 Å². The number of amides is 1. The van der Waals surface area contributed by atoms with E-state index in [-0.39, 0.29) is 22.3 Å². The molecule has 0 N–H and O–H groups in total. The zero-order valence-corrected chi connectivity index (χ0v) is 16.0. The Kier molecular flexibility index (Phi) is 5.38. The molecule has 0 bridgehead atoms. The highest BCUT2D eigenvalue weighted by molar-refractivity contribution is 7.99. The number of sulfone groups is 1. The average molecular weight is 383 g/mol. The third-order valence-electron chi connectivity index (χ3n) is 4.53. The van der Waals surface area contributed by atoms with Crippen LogP contribution in [0.1, 0.15) is 26.7 Å². The second-order valence-corrected chi connectivity index (χ2v) is 9.57. The maximum absolute atomic E-state index is 12.3. The Labute approximate surface area is 151 Å². The number of fused-ring (bicyclic) bond motifs is 1. The lowest BCUT2D eigenvalue weighted by atomic mass is 9.99. The van der Waals surface area contributed by atoms with Crippen molar-refractivity contribution < 1.29 is 17.6 Å². The van der Waals surface area contributed by atoms with Crippen LogP contribution in [0.25, 0.3) is 11.1 Å². The van der Waals surface area contributed by atoms with Crippen molar-refractivity contribution in [3.05, 3.63) is 18.2 Å². The molecule has 0 aliphatic carbocycles. The van der Waals surface area contributed by atoms with E-state index < -0.39 is 9.84 Å². The number of likely N-dealkylation sites (tertiary alicyclic amines) is 1. The van der Waals surface area contributed by atoms with Crippen molar-refractivity contribution >= 4 is 38.6 Å². The van der Waals surface area contributed by atoms with E-state index >= 15 is 0 Å². The van der Waals surface area contributed by atoms with Gasteiger partial charge in [-0.2, -0.15) is 0 Å². The van der Waals surface area contributed by atoms with Crippen LogP contribution in [0.4, 0.5) is 0 Å². The number of thioether (sulfide) groups is 1. The van der Waals surface area contributed by atoms with Crippen molar-refractivity contribution in [3.8, 4) is 0 Å². The Morgan fingerprint density at radius 1 is 1.36 bits per heavy atom. The number of hydrogen-bond acceptors (Lipinski definition) is 6. The van der Waals surface area contributed by atoms with Crippen molar-refractivity contribution in [3.63, 3.8) is 0 Å². The molecule has 136 valence electrons. The number of benzene rings is 1. The maximum atomic E-state index is 12.3. The van der Waals surface area contributed by atoms with Crippen molar-refractivity contribution in [1.29, 1.82) is 0 Å². The Morgan fingerprint density at radius 2 is 2.08 bits per heavy atom. The molecule has 1 aromatic carbocycles. The largest absolute Gasteiger partial charge is 0.431 e. The normalized spacial score (nSPS) is 16.5. The molecule has 1 aliphatic heterocycles. The van der Waals surface area contributed by atoms with E-state index in [4.69, 9.17) is 4.42 Å². The summed E-state index contributed by atoms with van der Waals surface area (Å²) in [5.41, 5.74) is 1.02.